The number of halogens is 1. The second-order valence-corrected chi connectivity index (χ2v) is 7.70. The van der Waals surface area contributed by atoms with E-state index in [9.17, 15) is 8.42 Å². The summed E-state index contributed by atoms with van der Waals surface area (Å²) in [4.78, 5) is 0.183. The molecular weight excluding hydrogens is 394 g/mol. The molecular formula is C17H20BrNO4S. The first kappa shape index (κ1) is 18.9. The van der Waals surface area contributed by atoms with E-state index in [0.29, 0.717) is 23.4 Å². The molecule has 24 heavy (non-hydrogen) atoms. The molecule has 7 heteroatoms. The molecule has 5 nitrogen and oxygen atoms in total. The van der Waals surface area contributed by atoms with Crippen molar-refractivity contribution >= 4 is 26.0 Å². The van der Waals surface area contributed by atoms with Crippen LogP contribution in [-0.4, -0.2) is 22.1 Å². The third kappa shape index (κ3) is 5.04. The summed E-state index contributed by atoms with van der Waals surface area (Å²) < 4.78 is 38.4. The van der Waals surface area contributed by atoms with Crippen molar-refractivity contribution in [2.75, 3.05) is 13.7 Å². The van der Waals surface area contributed by atoms with Crippen molar-refractivity contribution in [3.05, 3.63) is 58.1 Å². The van der Waals surface area contributed by atoms with Crippen molar-refractivity contribution in [3.8, 4) is 5.75 Å². The van der Waals surface area contributed by atoms with Gasteiger partial charge in [0.2, 0.25) is 10.0 Å². The fourth-order valence-electron chi connectivity index (χ4n) is 2.05. The van der Waals surface area contributed by atoms with Gasteiger partial charge < -0.3 is 9.47 Å². The Morgan fingerprint density at radius 2 is 1.75 bits per heavy atom. The number of sulfonamides is 1. The van der Waals surface area contributed by atoms with Gasteiger partial charge in [-0.15, -0.1) is 0 Å². The highest BCUT2D eigenvalue weighted by molar-refractivity contribution is 9.10. The Morgan fingerprint density at radius 3 is 2.33 bits per heavy atom. The highest BCUT2D eigenvalue weighted by atomic mass is 79.9. The fourth-order valence-corrected chi connectivity index (χ4v) is 3.78. The molecule has 0 spiro atoms. The van der Waals surface area contributed by atoms with Crippen molar-refractivity contribution in [1.29, 1.82) is 0 Å². The normalized spacial score (nSPS) is 11.5. The van der Waals surface area contributed by atoms with Gasteiger partial charge in [0.05, 0.1) is 23.1 Å². The van der Waals surface area contributed by atoms with Crippen LogP contribution in [0.5, 0.6) is 5.75 Å². The average Bonchev–Trinajstić information content (AvgIpc) is 2.59. The first-order chi connectivity index (χ1) is 11.5. The Hall–Kier alpha value is -1.41. The molecule has 0 aliphatic carbocycles. The third-order valence-corrected chi connectivity index (χ3v) is 5.41. The molecule has 0 amide bonds. The largest absolute Gasteiger partial charge is 0.496 e. The van der Waals surface area contributed by atoms with E-state index >= 15 is 0 Å². The molecule has 0 atom stereocenters. The highest BCUT2D eigenvalue weighted by Gasteiger charge is 2.15. The van der Waals surface area contributed by atoms with Gasteiger partial charge in [0, 0.05) is 13.2 Å². The summed E-state index contributed by atoms with van der Waals surface area (Å²) in [7, 11) is -2.06. The average molecular weight is 414 g/mol. The van der Waals surface area contributed by atoms with Crippen LogP contribution in [0.4, 0.5) is 0 Å². The minimum absolute atomic E-state index is 0.183. The molecule has 0 radical (unpaired) electrons. The van der Waals surface area contributed by atoms with Crippen LogP contribution in [0.1, 0.15) is 18.1 Å². The van der Waals surface area contributed by atoms with Gasteiger partial charge in [-0.05, 0) is 52.2 Å². The molecule has 0 saturated heterocycles. The minimum atomic E-state index is -3.59. The van der Waals surface area contributed by atoms with E-state index in [1.165, 1.54) is 19.2 Å². The van der Waals surface area contributed by atoms with Crippen LogP contribution in [0.2, 0.25) is 0 Å². The molecule has 0 heterocycles. The Balaban J connectivity index is 2.03. The number of rotatable bonds is 8. The number of benzene rings is 2. The zero-order valence-corrected chi connectivity index (χ0v) is 16.0. The van der Waals surface area contributed by atoms with Gasteiger partial charge in [-0.3, -0.25) is 0 Å². The number of hydrogen-bond donors (Lipinski definition) is 1. The molecule has 0 saturated carbocycles. The number of nitrogens with one attached hydrogen (secondary N) is 1. The van der Waals surface area contributed by atoms with Crippen LogP contribution >= 0.6 is 15.9 Å². The first-order valence-corrected chi connectivity index (χ1v) is 9.72. The molecule has 130 valence electrons. The van der Waals surface area contributed by atoms with E-state index < -0.39 is 10.0 Å². The van der Waals surface area contributed by atoms with E-state index in [0.717, 1.165) is 11.1 Å². The third-order valence-electron chi connectivity index (χ3n) is 3.40. The van der Waals surface area contributed by atoms with Crippen molar-refractivity contribution in [2.45, 2.75) is 25.0 Å². The Kier molecular flexibility index (Phi) is 6.79. The lowest BCUT2D eigenvalue weighted by Gasteiger charge is -2.10. The summed E-state index contributed by atoms with van der Waals surface area (Å²) >= 11 is 3.30. The highest BCUT2D eigenvalue weighted by Crippen LogP contribution is 2.27. The van der Waals surface area contributed by atoms with Gasteiger partial charge in [-0.2, -0.15) is 0 Å². The molecule has 0 aliphatic rings. The number of methoxy groups -OCH3 is 1. The lowest BCUT2D eigenvalue weighted by atomic mass is 10.1. The minimum Gasteiger partial charge on any atom is -0.496 e. The second-order valence-electron chi connectivity index (χ2n) is 5.07. The van der Waals surface area contributed by atoms with Crippen molar-refractivity contribution < 1.29 is 17.9 Å². The van der Waals surface area contributed by atoms with Crippen LogP contribution in [-0.2, 0) is 27.9 Å². The monoisotopic (exact) mass is 413 g/mol. The number of ether oxygens (including phenoxy) is 2. The molecule has 2 aromatic carbocycles. The van der Waals surface area contributed by atoms with Gasteiger partial charge in [-0.25, -0.2) is 13.1 Å². The van der Waals surface area contributed by atoms with Crippen molar-refractivity contribution in [3.63, 3.8) is 0 Å². The Morgan fingerprint density at radius 1 is 1.08 bits per heavy atom. The van der Waals surface area contributed by atoms with Gasteiger partial charge in [0.1, 0.15) is 5.75 Å². The summed E-state index contributed by atoms with van der Waals surface area (Å²) in [6.07, 6.45) is 0. The summed E-state index contributed by atoms with van der Waals surface area (Å²) in [5.74, 6) is 0.582. The van der Waals surface area contributed by atoms with E-state index in [-0.39, 0.29) is 11.4 Å². The SMILES string of the molecule is CCOCc1ccc(CNS(=O)(=O)c2ccc(OC)c(Br)c2)cc1. The maximum atomic E-state index is 12.4. The molecule has 1 N–H and O–H groups in total. The van der Waals surface area contributed by atoms with E-state index in [1.807, 2.05) is 31.2 Å². The van der Waals surface area contributed by atoms with Gasteiger partial charge >= 0.3 is 0 Å². The van der Waals surface area contributed by atoms with Crippen molar-refractivity contribution in [2.24, 2.45) is 0 Å². The smallest absolute Gasteiger partial charge is 0.240 e. The predicted octanol–water partition coefficient (Wildman–Crippen LogP) is 3.47. The molecule has 0 aliphatic heterocycles. The lowest BCUT2D eigenvalue weighted by molar-refractivity contribution is 0.134. The molecule has 2 aromatic rings. The van der Waals surface area contributed by atoms with Crippen LogP contribution in [0, 0.1) is 0 Å². The molecule has 0 fully saturated rings. The predicted molar refractivity (Wildman–Crippen MR) is 96.5 cm³/mol. The van der Waals surface area contributed by atoms with E-state index in [4.69, 9.17) is 9.47 Å². The summed E-state index contributed by atoms with van der Waals surface area (Å²) in [5.41, 5.74) is 1.94. The van der Waals surface area contributed by atoms with Gasteiger partial charge in [-0.1, -0.05) is 24.3 Å². The van der Waals surface area contributed by atoms with Gasteiger partial charge in [0.15, 0.2) is 0 Å². The summed E-state index contributed by atoms with van der Waals surface area (Å²) in [5, 5.41) is 0. The Labute approximate surface area is 151 Å². The topological polar surface area (TPSA) is 64.6 Å². The van der Waals surface area contributed by atoms with Gasteiger partial charge in [0.25, 0.3) is 0 Å². The maximum Gasteiger partial charge on any atom is 0.240 e. The van der Waals surface area contributed by atoms with Crippen LogP contribution in [0.25, 0.3) is 0 Å². The maximum absolute atomic E-state index is 12.4. The number of hydrogen-bond acceptors (Lipinski definition) is 4. The van der Waals surface area contributed by atoms with Crippen LogP contribution in [0.3, 0.4) is 0 Å². The standard InChI is InChI=1S/C17H20BrNO4S/c1-3-23-12-14-6-4-13(5-7-14)11-19-24(20,21)15-8-9-17(22-2)16(18)10-15/h4-10,19H,3,11-12H2,1-2H3. The molecule has 0 unspecified atom stereocenters. The second kappa shape index (κ2) is 8.62. The molecule has 0 aromatic heterocycles. The van der Waals surface area contributed by atoms with Crippen LogP contribution < -0.4 is 9.46 Å². The first-order valence-electron chi connectivity index (χ1n) is 7.45. The fraction of sp³-hybridized carbons (Fsp3) is 0.294. The van der Waals surface area contributed by atoms with Crippen molar-refractivity contribution in [1.82, 2.24) is 4.72 Å². The van der Waals surface area contributed by atoms with E-state index in [1.54, 1.807) is 6.07 Å². The van der Waals surface area contributed by atoms with Crippen LogP contribution in [0.15, 0.2) is 51.8 Å². The quantitative estimate of drug-likeness (QED) is 0.719. The van der Waals surface area contributed by atoms with E-state index in [2.05, 4.69) is 20.7 Å². The lowest BCUT2D eigenvalue weighted by Crippen LogP contribution is -2.23. The summed E-state index contributed by atoms with van der Waals surface area (Å²) in [6, 6.07) is 12.3. The summed E-state index contributed by atoms with van der Waals surface area (Å²) in [6.45, 7) is 3.39. The zero-order valence-electron chi connectivity index (χ0n) is 13.6. The molecule has 2 rings (SSSR count). The molecule has 0 bridgehead atoms. The Bertz CT molecular complexity index is 776. The zero-order chi connectivity index (χ0) is 17.6.